The van der Waals surface area contributed by atoms with Gasteiger partial charge in [-0.3, -0.25) is 14.4 Å². The van der Waals surface area contributed by atoms with Crippen molar-refractivity contribution in [2.45, 2.75) is 31.1 Å². The summed E-state index contributed by atoms with van der Waals surface area (Å²) in [5.74, 6) is -2.49. The minimum absolute atomic E-state index is 0. The van der Waals surface area contributed by atoms with E-state index in [1.165, 1.54) is 19.3 Å². The number of hydrogen-bond donors (Lipinski definition) is 3. The molecular weight excluding hydrogens is 490 g/mol. The molecule has 3 amide bonds. The summed E-state index contributed by atoms with van der Waals surface area (Å²) in [5.41, 5.74) is 0.624. The van der Waals surface area contributed by atoms with Crippen LogP contribution in [0.25, 0.3) is 0 Å². The van der Waals surface area contributed by atoms with Gasteiger partial charge in [-0.05, 0) is 29.2 Å². The van der Waals surface area contributed by atoms with Crippen LogP contribution in [-0.4, -0.2) is 46.8 Å². The van der Waals surface area contributed by atoms with Gasteiger partial charge < -0.3 is 22.1 Å². The van der Waals surface area contributed by atoms with Crippen molar-refractivity contribution < 1.29 is 68.4 Å². The molecule has 0 aliphatic carbocycles. The Morgan fingerprint density at radius 2 is 1.75 bits per heavy atom. The van der Waals surface area contributed by atoms with Crippen molar-refractivity contribution in [1.29, 1.82) is 0 Å². The first kappa shape index (κ1) is 29.1. The van der Waals surface area contributed by atoms with Gasteiger partial charge in [-0.15, -0.1) is 0 Å². The van der Waals surface area contributed by atoms with E-state index >= 15 is 0 Å². The molecule has 2 aromatic carbocycles. The summed E-state index contributed by atoms with van der Waals surface area (Å²) in [6, 6.07) is 7.89. The maximum absolute atomic E-state index is 13.0. The van der Waals surface area contributed by atoms with Gasteiger partial charge in [0.2, 0.25) is 0 Å². The molecule has 0 fully saturated rings. The van der Waals surface area contributed by atoms with Gasteiger partial charge in [-0.1, -0.05) is 42.5 Å². The molecule has 0 radical (unpaired) electrons. The average Bonchev–Trinajstić information content (AvgIpc) is 2.78. The summed E-state index contributed by atoms with van der Waals surface area (Å²) >= 11 is 0. The van der Waals surface area contributed by atoms with Gasteiger partial charge in [0, 0.05) is 19.3 Å². The van der Waals surface area contributed by atoms with Crippen molar-refractivity contribution in [2.75, 3.05) is 7.05 Å². The largest absolute Gasteiger partial charge is 1.00 e. The van der Waals surface area contributed by atoms with Crippen LogP contribution in [0.4, 0.5) is 18.0 Å². The normalized spacial score (nSPS) is 16.2. The van der Waals surface area contributed by atoms with Crippen LogP contribution < -0.4 is 40.2 Å². The number of carboxylic acid groups (broad SMARTS) is 1. The number of amides is 3. The molecule has 186 valence electrons. The molecule has 12 heteroatoms. The summed E-state index contributed by atoms with van der Waals surface area (Å²) in [7, 11) is 1.42. The van der Waals surface area contributed by atoms with E-state index in [1.807, 2.05) is 0 Å². The SMILES string of the molecule is CN1C=CC(=O)C(NC(=O)N[C@@H](CC(=O)O)c2cccc(Cc3cccc(C(F)(F)F)c3)c2)C1=O.[H-].[Na+]. The number of urea groups is 1. The van der Waals surface area contributed by atoms with Crippen molar-refractivity contribution in [2.24, 2.45) is 0 Å². The molecule has 0 spiro atoms. The van der Waals surface area contributed by atoms with E-state index < -0.39 is 53.9 Å². The van der Waals surface area contributed by atoms with Crippen molar-refractivity contribution in [3.05, 3.63) is 83.1 Å². The zero-order valence-corrected chi connectivity index (χ0v) is 21.5. The number of ketones is 1. The molecule has 2 aromatic rings. The third-order valence-electron chi connectivity index (χ3n) is 5.32. The Kier molecular flexibility index (Phi) is 9.85. The monoisotopic (exact) mass is 513 g/mol. The molecule has 3 rings (SSSR count). The van der Waals surface area contributed by atoms with Crippen molar-refractivity contribution in [1.82, 2.24) is 15.5 Å². The van der Waals surface area contributed by atoms with Crippen LogP contribution in [0.3, 0.4) is 0 Å². The van der Waals surface area contributed by atoms with E-state index in [4.69, 9.17) is 0 Å². The van der Waals surface area contributed by atoms with Crippen LogP contribution in [0.5, 0.6) is 0 Å². The quantitative estimate of drug-likeness (QED) is 0.360. The molecule has 1 aliphatic rings. The van der Waals surface area contributed by atoms with Crippen LogP contribution in [0, 0.1) is 0 Å². The first-order valence-electron chi connectivity index (χ1n) is 10.5. The van der Waals surface area contributed by atoms with Crippen LogP contribution in [0.15, 0.2) is 60.8 Å². The molecule has 1 heterocycles. The molecule has 0 saturated heterocycles. The maximum Gasteiger partial charge on any atom is 1.00 e. The Morgan fingerprint density at radius 1 is 1.11 bits per heavy atom. The second-order valence-corrected chi connectivity index (χ2v) is 7.99. The molecule has 1 unspecified atom stereocenters. The number of carbonyl (C=O) groups is 4. The predicted octanol–water partition coefficient (Wildman–Crippen LogP) is 0.151. The summed E-state index contributed by atoms with van der Waals surface area (Å²) in [6.45, 7) is 0. The number of nitrogens with one attached hydrogen (secondary N) is 2. The van der Waals surface area contributed by atoms with E-state index in [0.29, 0.717) is 16.7 Å². The second-order valence-electron chi connectivity index (χ2n) is 7.99. The molecule has 8 nitrogen and oxygen atoms in total. The van der Waals surface area contributed by atoms with Crippen LogP contribution >= 0.6 is 0 Å². The van der Waals surface area contributed by atoms with Gasteiger partial charge in [0.1, 0.15) is 0 Å². The number of halogens is 3. The first-order valence-corrected chi connectivity index (χ1v) is 10.5. The van der Waals surface area contributed by atoms with Gasteiger partial charge in [0.15, 0.2) is 11.8 Å². The van der Waals surface area contributed by atoms with Crippen LogP contribution in [0.2, 0.25) is 0 Å². The van der Waals surface area contributed by atoms with E-state index in [-0.39, 0.29) is 37.4 Å². The second kappa shape index (κ2) is 12.2. The molecule has 1 aliphatic heterocycles. The molecule has 0 aromatic heterocycles. The van der Waals surface area contributed by atoms with Crippen molar-refractivity contribution in [3.63, 3.8) is 0 Å². The molecule has 0 saturated carbocycles. The maximum atomic E-state index is 13.0. The van der Waals surface area contributed by atoms with Gasteiger partial charge >= 0.3 is 47.7 Å². The van der Waals surface area contributed by atoms with Gasteiger partial charge in [0.25, 0.3) is 5.91 Å². The number of carbonyl (C=O) groups excluding carboxylic acids is 3. The predicted molar refractivity (Wildman–Crippen MR) is 119 cm³/mol. The number of hydrogen-bond acceptors (Lipinski definition) is 4. The minimum atomic E-state index is -4.48. The van der Waals surface area contributed by atoms with Crippen molar-refractivity contribution >= 4 is 23.7 Å². The first-order chi connectivity index (χ1) is 16.4. The summed E-state index contributed by atoms with van der Waals surface area (Å²) in [5, 5.41) is 14.0. The zero-order valence-electron chi connectivity index (χ0n) is 20.5. The van der Waals surface area contributed by atoms with Gasteiger partial charge in [-0.25, -0.2) is 4.79 Å². The average molecular weight is 513 g/mol. The number of rotatable bonds is 7. The Bertz CT molecular complexity index is 1190. The number of benzene rings is 2. The van der Waals surface area contributed by atoms with Crippen molar-refractivity contribution in [3.8, 4) is 0 Å². The van der Waals surface area contributed by atoms with Crippen LogP contribution in [0.1, 0.15) is 36.1 Å². The van der Waals surface area contributed by atoms with Gasteiger partial charge in [-0.2, -0.15) is 13.2 Å². The fourth-order valence-corrected chi connectivity index (χ4v) is 3.58. The summed E-state index contributed by atoms with van der Waals surface area (Å²) < 4.78 is 39.0. The third kappa shape index (κ3) is 7.67. The summed E-state index contributed by atoms with van der Waals surface area (Å²) in [4.78, 5) is 49.2. The molecular formula is C24H23F3N3NaO5. The standard InChI is InChI=1S/C24H22F3N3O5.Na.H/c1-30-9-8-19(31)21(22(30)34)29-23(35)28-18(13-20(32)33)16-6-2-4-14(11-16)10-15-5-3-7-17(12-15)24(25,26)27;;/h2-9,11-12,18,21H,10,13H2,1H3,(H,32,33)(H2,28,29,35);;/q;+1;-1/t18-,21?;;/m0../s1. The van der Waals surface area contributed by atoms with E-state index in [1.54, 1.807) is 30.3 Å². The zero-order chi connectivity index (χ0) is 25.8. The molecule has 2 atom stereocenters. The minimum Gasteiger partial charge on any atom is -1.00 e. The van der Waals surface area contributed by atoms with Crippen LogP contribution in [-0.2, 0) is 27.0 Å². The Morgan fingerprint density at radius 3 is 2.39 bits per heavy atom. The Hall–Kier alpha value is -3.15. The van der Waals surface area contributed by atoms with E-state index in [2.05, 4.69) is 10.6 Å². The summed E-state index contributed by atoms with van der Waals surface area (Å²) in [6.07, 6.45) is -2.43. The van der Waals surface area contributed by atoms with E-state index in [9.17, 15) is 37.5 Å². The number of aliphatic carboxylic acids is 1. The number of alkyl halides is 3. The molecule has 36 heavy (non-hydrogen) atoms. The number of likely N-dealkylation sites (N-methyl/N-ethyl adjacent to an activating group) is 1. The number of nitrogens with zero attached hydrogens (tertiary/aromatic N) is 1. The fourth-order valence-electron chi connectivity index (χ4n) is 3.58. The van der Waals surface area contributed by atoms with Gasteiger partial charge in [0.05, 0.1) is 18.0 Å². The topological polar surface area (TPSA) is 116 Å². The molecule has 0 bridgehead atoms. The Labute approximate surface area is 228 Å². The van der Waals surface area contributed by atoms with E-state index in [0.717, 1.165) is 23.1 Å². The number of carboxylic acids is 1. The Balaban J connectivity index is 0.00000342. The smallest absolute Gasteiger partial charge is 1.00 e. The fraction of sp³-hybridized carbons (Fsp3) is 0.250. The third-order valence-corrected chi connectivity index (χ3v) is 5.32. The molecule has 3 N–H and O–H groups in total.